The summed E-state index contributed by atoms with van der Waals surface area (Å²) < 4.78 is 10.7. The average molecular weight is 433 g/mol. The average Bonchev–Trinajstić information content (AvgIpc) is 3.31. The Hall–Kier alpha value is -3.85. The Morgan fingerprint density at radius 2 is 2.00 bits per heavy atom. The van der Waals surface area contributed by atoms with Crippen molar-refractivity contribution in [3.05, 3.63) is 86.5 Å². The number of benzene rings is 1. The monoisotopic (exact) mass is 433 g/mol. The number of para-hydroxylation sites is 1. The predicted molar refractivity (Wildman–Crippen MR) is 114 cm³/mol. The van der Waals surface area contributed by atoms with Gasteiger partial charge in [0.05, 0.1) is 29.8 Å². The van der Waals surface area contributed by atoms with Crippen molar-refractivity contribution in [2.75, 3.05) is 12.0 Å². The highest BCUT2D eigenvalue weighted by Crippen LogP contribution is 2.42. The molecule has 0 fully saturated rings. The Morgan fingerprint density at radius 1 is 1.19 bits per heavy atom. The van der Waals surface area contributed by atoms with Crippen molar-refractivity contribution in [2.45, 2.75) is 13.0 Å². The number of rotatable bonds is 3. The van der Waals surface area contributed by atoms with Crippen LogP contribution in [-0.4, -0.2) is 29.0 Å². The number of amides is 1. The summed E-state index contributed by atoms with van der Waals surface area (Å²) in [6, 6.07) is 9.52. The number of methoxy groups -OCH3 is 1. The first-order valence-electron chi connectivity index (χ1n) is 9.36. The molecule has 0 aliphatic carbocycles. The number of hydrogen-bond acceptors (Lipinski definition) is 8. The quantitative estimate of drug-likeness (QED) is 0.456. The third kappa shape index (κ3) is 2.85. The van der Waals surface area contributed by atoms with Gasteiger partial charge >= 0.3 is 5.97 Å². The highest BCUT2D eigenvalue weighted by atomic mass is 32.1. The molecule has 4 heterocycles. The number of aryl methyl sites for hydroxylation is 1. The minimum Gasteiger partial charge on any atom is -0.465 e. The van der Waals surface area contributed by atoms with E-state index in [-0.39, 0.29) is 26.8 Å². The standard InChI is InChI=1S/C22H15N3O5S/c1-11-19(21(28)29-2)31-22(24-11)25-16(12-6-5-9-23-10-12)15-17(26)13-7-3-4-8-14(13)30-18(15)20(25)27/h3-10,16H,1-2H3. The molecule has 9 heteroatoms. The Labute approximate surface area is 179 Å². The first-order valence-corrected chi connectivity index (χ1v) is 10.2. The van der Waals surface area contributed by atoms with E-state index in [2.05, 4.69) is 9.97 Å². The van der Waals surface area contributed by atoms with Gasteiger partial charge in [-0.1, -0.05) is 29.5 Å². The van der Waals surface area contributed by atoms with Gasteiger partial charge in [0.15, 0.2) is 10.6 Å². The number of pyridine rings is 1. The fourth-order valence-electron chi connectivity index (χ4n) is 3.74. The Kier molecular flexibility index (Phi) is 4.40. The number of hydrogen-bond donors (Lipinski definition) is 0. The Balaban J connectivity index is 1.78. The molecule has 0 saturated heterocycles. The Morgan fingerprint density at radius 3 is 2.74 bits per heavy atom. The van der Waals surface area contributed by atoms with E-state index in [0.29, 0.717) is 22.2 Å². The molecule has 1 unspecified atom stereocenters. The molecule has 0 bridgehead atoms. The third-order valence-corrected chi connectivity index (χ3v) is 6.28. The molecule has 0 radical (unpaired) electrons. The summed E-state index contributed by atoms with van der Waals surface area (Å²) in [5.74, 6) is -1.08. The van der Waals surface area contributed by atoms with E-state index in [9.17, 15) is 14.4 Å². The van der Waals surface area contributed by atoms with Crippen LogP contribution in [-0.2, 0) is 4.74 Å². The molecule has 1 aliphatic heterocycles. The maximum absolute atomic E-state index is 13.5. The molecule has 3 aromatic heterocycles. The second-order valence-electron chi connectivity index (χ2n) is 6.94. The van der Waals surface area contributed by atoms with Crippen LogP contribution in [0.1, 0.15) is 43.1 Å². The summed E-state index contributed by atoms with van der Waals surface area (Å²) in [6.07, 6.45) is 3.20. The van der Waals surface area contributed by atoms with Gasteiger partial charge in [-0.2, -0.15) is 0 Å². The summed E-state index contributed by atoms with van der Waals surface area (Å²) in [7, 11) is 1.28. The largest absolute Gasteiger partial charge is 0.465 e. The predicted octanol–water partition coefficient (Wildman–Crippen LogP) is 3.49. The lowest BCUT2D eigenvalue weighted by atomic mass is 10.0. The molecule has 1 aliphatic rings. The molecule has 31 heavy (non-hydrogen) atoms. The number of thiazole rings is 1. The number of nitrogens with zero attached hydrogens (tertiary/aromatic N) is 3. The van der Waals surface area contributed by atoms with E-state index < -0.39 is 17.9 Å². The van der Waals surface area contributed by atoms with Gasteiger partial charge in [0.2, 0.25) is 5.76 Å². The minimum atomic E-state index is -0.784. The first-order chi connectivity index (χ1) is 15.0. The molecular weight excluding hydrogens is 418 g/mol. The molecular formula is C22H15N3O5S. The molecule has 1 aromatic carbocycles. The van der Waals surface area contributed by atoms with Gasteiger partial charge in [-0.15, -0.1) is 0 Å². The van der Waals surface area contributed by atoms with Crippen molar-refractivity contribution >= 4 is 39.3 Å². The maximum Gasteiger partial charge on any atom is 0.350 e. The number of anilines is 1. The normalized spacial score (nSPS) is 15.4. The highest BCUT2D eigenvalue weighted by molar-refractivity contribution is 7.17. The highest BCUT2D eigenvalue weighted by Gasteiger charge is 2.45. The van der Waals surface area contributed by atoms with Gasteiger partial charge in [-0.25, -0.2) is 9.78 Å². The Bertz CT molecular complexity index is 1410. The van der Waals surface area contributed by atoms with Crippen molar-refractivity contribution in [3.8, 4) is 0 Å². The number of ether oxygens (including phenoxy) is 1. The van der Waals surface area contributed by atoms with E-state index in [4.69, 9.17) is 9.15 Å². The van der Waals surface area contributed by atoms with Crippen molar-refractivity contribution in [2.24, 2.45) is 0 Å². The van der Waals surface area contributed by atoms with Crippen LogP contribution in [0.5, 0.6) is 0 Å². The van der Waals surface area contributed by atoms with Crippen LogP contribution in [0.15, 0.2) is 58.0 Å². The summed E-state index contributed by atoms with van der Waals surface area (Å²) in [6.45, 7) is 1.66. The van der Waals surface area contributed by atoms with E-state index in [1.807, 2.05) is 0 Å². The molecule has 1 amide bonds. The van der Waals surface area contributed by atoms with Crippen LogP contribution in [0.2, 0.25) is 0 Å². The summed E-state index contributed by atoms with van der Waals surface area (Å²) in [5.41, 5.74) is 1.33. The fourth-order valence-corrected chi connectivity index (χ4v) is 4.75. The number of esters is 1. The van der Waals surface area contributed by atoms with Crippen molar-refractivity contribution in [3.63, 3.8) is 0 Å². The molecule has 5 rings (SSSR count). The number of fused-ring (bicyclic) bond motifs is 2. The lowest BCUT2D eigenvalue weighted by molar-refractivity contribution is 0.0605. The number of carbonyl (C=O) groups is 2. The lowest BCUT2D eigenvalue weighted by Crippen LogP contribution is -2.29. The molecule has 154 valence electrons. The molecule has 8 nitrogen and oxygen atoms in total. The van der Waals surface area contributed by atoms with E-state index in [1.165, 1.54) is 12.0 Å². The maximum atomic E-state index is 13.5. The van der Waals surface area contributed by atoms with Gasteiger partial charge in [-0.3, -0.25) is 19.5 Å². The molecule has 1 atom stereocenters. The topological polar surface area (TPSA) is 103 Å². The number of aromatic nitrogens is 2. The first kappa shape index (κ1) is 19.1. The SMILES string of the molecule is COC(=O)c1sc(N2C(=O)c3oc4ccccc4c(=O)c3C2c2cccnc2)nc1C. The molecule has 0 N–H and O–H groups in total. The summed E-state index contributed by atoms with van der Waals surface area (Å²) in [4.78, 5) is 49.2. The van der Waals surface area contributed by atoms with Gasteiger partial charge in [0.1, 0.15) is 10.5 Å². The van der Waals surface area contributed by atoms with Crippen LogP contribution in [0.3, 0.4) is 0 Å². The van der Waals surface area contributed by atoms with E-state index >= 15 is 0 Å². The molecule has 0 spiro atoms. The van der Waals surface area contributed by atoms with Crippen LogP contribution >= 0.6 is 11.3 Å². The second-order valence-corrected chi connectivity index (χ2v) is 7.91. The van der Waals surface area contributed by atoms with Crippen LogP contribution in [0.25, 0.3) is 11.0 Å². The molecule has 4 aromatic rings. The smallest absolute Gasteiger partial charge is 0.350 e. The van der Waals surface area contributed by atoms with Crippen molar-refractivity contribution in [1.82, 2.24) is 9.97 Å². The van der Waals surface area contributed by atoms with E-state index in [0.717, 1.165) is 11.3 Å². The van der Waals surface area contributed by atoms with Gasteiger partial charge < -0.3 is 9.15 Å². The van der Waals surface area contributed by atoms with Crippen molar-refractivity contribution < 1.29 is 18.7 Å². The minimum absolute atomic E-state index is 0.0370. The second kappa shape index (κ2) is 7.13. The molecule has 0 saturated carbocycles. The third-order valence-electron chi connectivity index (χ3n) is 5.14. The van der Waals surface area contributed by atoms with Crippen LogP contribution < -0.4 is 10.3 Å². The summed E-state index contributed by atoms with van der Waals surface area (Å²) in [5, 5.41) is 0.655. The number of carbonyl (C=O) groups excluding carboxylic acids is 2. The summed E-state index contributed by atoms with van der Waals surface area (Å²) >= 11 is 1.03. The van der Waals surface area contributed by atoms with E-state index in [1.54, 1.807) is 55.7 Å². The van der Waals surface area contributed by atoms with Crippen molar-refractivity contribution in [1.29, 1.82) is 0 Å². The van der Waals surface area contributed by atoms with Crippen LogP contribution in [0.4, 0.5) is 5.13 Å². The zero-order valence-corrected chi connectivity index (χ0v) is 17.3. The zero-order chi connectivity index (χ0) is 21.7. The van der Waals surface area contributed by atoms with Gasteiger partial charge in [-0.05, 0) is 30.7 Å². The van der Waals surface area contributed by atoms with Gasteiger partial charge in [0, 0.05) is 12.4 Å². The zero-order valence-electron chi connectivity index (χ0n) is 16.5. The fraction of sp³-hybridized carbons (Fsp3) is 0.136. The van der Waals surface area contributed by atoms with Gasteiger partial charge in [0.25, 0.3) is 5.91 Å². The van der Waals surface area contributed by atoms with Crippen LogP contribution in [0, 0.1) is 6.92 Å². The lowest BCUT2D eigenvalue weighted by Gasteiger charge is -2.22.